The molecule has 0 aliphatic heterocycles. The summed E-state index contributed by atoms with van der Waals surface area (Å²) in [5.74, 6) is -1.13. The van der Waals surface area contributed by atoms with Crippen LogP contribution in [0.5, 0.6) is 0 Å². The first kappa shape index (κ1) is 55.0. The summed E-state index contributed by atoms with van der Waals surface area (Å²) in [7, 11) is 0. The van der Waals surface area contributed by atoms with Crippen LogP contribution >= 0.6 is 0 Å². The van der Waals surface area contributed by atoms with Gasteiger partial charge in [0.25, 0.3) is 0 Å². The van der Waals surface area contributed by atoms with Crippen LogP contribution in [-0.4, -0.2) is 37.2 Å². The Morgan fingerprint density at radius 1 is 0.350 bits per heavy atom. The molecular weight excluding hydrogens is 745 g/mol. The fraction of sp³-hybridized carbons (Fsp3) is 0.463. The number of rotatable bonds is 37. The van der Waals surface area contributed by atoms with E-state index in [2.05, 4.69) is 106 Å². The summed E-state index contributed by atoms with van der Waals surface area (Å²) in [6, 6.07) is 0. The number of unbranched alkanes of at least 4 members (excludes halogenated alkanes) is 5. The minimum atomic E-state index is -0.855. The molecule has 6 nitrogen and oxygen atoms in total. The van der Waals surface area contributed by atoms with Crippen molar-refractivity contribution in [3.63, 3.8) is 0 Å². The molecule has 0 fully saturated rings. The van der Waals surface area contributed by atoms with E-state index in [1.807, 2.05) is 72.9 Å². The van der Waals surface area contributed by atoms with Crippen LogP contribution in [0.15, 0.2) is 158 Å². The zero-order valence-corrected chi connectivity index (χ0v) is 37.4. The number of esters is 3. The van der Waals surface area contributed by atoms with Crippen molar-refractivity contribution in [1.82, 2.24) is 0 Å². The molecule has 1 unspecified atom stereocenters. The summed E-state index contributed by atoms with van der Waals surface area (Å²) < 4.78 is 16.5. The van der Waals surface area contributed by atoms with E-state index in [0.717, 1.165) is 83.5 Å². The molecule has 0 aromatic heterocycles. The fourth-order valence-corrected chi connectivity index (χ4v) is 5.14. The Hall–Kier alpha value is -4.97. The van der Waals surface area contributed by atoms with Crippen molar-refractivity contribution < 1.29 is 28.6 Å². The van der Waals surface area contributed by atoms with Gasteiger partial charge in [-0.3, -0.25) is 14.4 Å². The standard InChI is InChI=1S/C54H78O6/c1-4-7-10-13-16-19-21-23-25-27-29-30-32-35-38-41-44-47-53(56)59-50-51(49-58-52(55)46-43-40-37-34-18-15-12-9-6-3)60-54(57)48-45-42-39-36-33-31-28-26-24-22-20-17-14-11-8-5-2/h7-13,16-21,23-27,29-34,39,42,51H,4-6,14-15,22,28,35-38,40-41,43-50H2,1-3H3/b10-7-,11-8-,12-9-,16-13-,20-17-,21-19-,25-23-,26-24-,29-27+,32-30-,33-31-,34-18-,42-39-. The smallest absolute Gasteiger partial charge is 0.306 e. The van der Waals surface area contributed by atoms with Gasteiger partial charge in [0.2, 0.25) is 0 Å². The van der Waals surface area contributed by atoms with E-state index in [1.165, 1.54) is 0 Å². The highest BCUT2D eigenvalue weighted by molar-refractivity contribution is 5.71. The molecular formula is C54H78O6. The second kappa shape index (κ2) is 46.7. The highest BCUT2D eigenvalue weighted by Crippen LogP contribution is 2.09. The van der Waals surface area contributed by atoms with E-state index >= 15 is 0 Å². The summed E-state index contributed by atoms with van der Waals surface area (Å²) in [4.78, 5) is 37.7. The van der Waals surface area contributed by atoms with Gasteiger partial charge in [0.1, 0.15) is 13.2 Å². The molecule has 0 bridgehead atoms. The van der Waals surface area contributed by atoms with Crippen LogP contribution in [0.1, 0.15) is 143 Å². The largest absolute Gasteiger partial charge is 0.462 e. The van der Waals surface area contributed by atoms with E-state index in [9.17, 15) is 14.4 Å². The van der Waals surface area contributed by atoms with Crippen LogP contribution in [0.2, 0.25) is 0 Å². The number of hydrogen-bond donors (Lipinski definition) is 0. The third kappa shape index (κ3) is 44.1. The predicted octanol–water partition coefficient (Wildman–Crippen LogP) is 14.7. The predicted molar refractivity (Wildman–Crippen MR) is 255 cm³/mol. The zero-order valence-electron chi connectivity index (χ0n) is 37.4. The van der Waals surface area contributed by atoms with Gasteiger partial charge in [0.15, 0.2) is 6.10 Å². The van der Waals surface area contributed by atoms with E-state index in [-0.39, 0.29) is 44.4 Å². The summed E-state index contributed by atoms with van der Waals surface area (Å²) >= 11 is 0. The van der Waals surface area contributed by atoms with Crippen molar-refractivity contribution in [2.75, 3.05) is 13.2 Å². The van der Waals surface area contributed by atoms with Crippen molar-refractivity contribution in [3.05, 3.63) is 158 Å². The van der Waals surface area contributed by atoms with Crippen molar-refractivity contribution in [2.45, 2.75) is 149 Å². The van der Waals surface area contributed by atoms with Gasteiger partial charge in [-0.15, -0.1) is 0 Å². The molecule has 0 radical (unpaired) electrons. The Morgan fingerprint density at radius 3 is 1.20 bits per heavy atom. The highest BCUT2D eigenvalue weighted by Gasteiger charge is 2.19. The zero-order chi connectivity index (χ0) is 43.7. The van der Waals surface area contributed by atoms with Gasteiger partial charge in [-0.1, -0.05) is 185 Å². The van der Waals surface area contributed by atoms with Crippen molar-refractivity contribution in [1.29, 1.82) is 0 Å². The number of allylic oxidation sites excluding steroid dienone is 26. The molecule has 0 aromatic rings. The molecule has 1 atom stereocenters. The molecule has 60 heavy (non-hydrogen) atoms. The third-order valence-corrected chi connectivity index (χ3v) is 8.43. The molecule has 0 saturated heterocycles. The molecule has 330 valence electrons. The number of carbonyl (C=O) groups is 3. The average molecular weight is 823 g/mol. The second-order valence-electron chi connectivity index (χ2n) is 14.0. The van der Waals surface area contributed by atoms with Crippen LogP contribution in [0.25, 0.3) is 0 Å². The molecule has 0 aliphatic rings. The number of ether oxygens (including phenoxy) is 3. The lowest BCUT2D eigenvalue weighted by Gasteiger charge is -2.18. The van der Waals surface area contributed by atoms with Crippen LogP contribution in [0.4, 0.5) is 0 Å². The molecule has 0 amide bonds. The number of hydrogen-bond acceptors (Lipinski definition) is 6. The van der Waals surface area contributed by atoms with Crippen LogP contribution in [0, 0.1) is 0 Å². The normalized spacial score (nSPS) is 13.6. The van der Waals surface area contributed by atoms with E-state index in [1.54, 1.807) is 0 Å². The second-order valence-corrected chi connectivity index (χ2v) is 14.0. The Kier molecular flexibility index (Phi) is 42.8. The maximum Gasteiger partial charge on any atom is 0.306 e. The monoisotopic (exact) mass is 823 g/mol. The van der Waals surface area contributed by atoms with E-state index in [0.29, 0.717) is 19.3 Å². The SMILES string of the molecule is CC\C=C/C=C\C=C/C=C\C=C\C=C/CCCCCC(=O)OCC(COC(=O)CCCC/C=C\C/C=C\CC)OC(=O)CC/C=C\C/C=C\C/C=C\C/C=C\C/C=C\CC. The van der Waals surface area contributed by atoms with Gasteiger partial charge >= 0.3 is 17.9 Å². The van der Waals surface area contributed by atoms with Gasteiger partial charge in [-0.25, -0.2) is 0 Å². The van der Waals surface area contributed by atoms with Gasteiger partial charge in [-0.2, -0.15) is 0 Å². The average Bonchev–Trinajstić information content (AvgIpc) is 3.24. The summed E-state index contributed by atoms with van der Waals surface area (Å²) in [5, 5.41) is 0. The van der Waals surface area contributed by atoms with Crippen molar-refractivity contribution >= 4 is 17.9 Å². The Morgan fingerprint density at radius 2 is 0.717 bits per heavy atom. The fourth-order valence-electron chi connectivity index (χ4n) is 5.14. The van der Waals surface area contributed by atoms with Crippen molar-refractivity contribution in [2.24, 2.45) is 0 Å². The minimum absolute atomic E-state index is 0.148. The Balaban J connectivity index is 4.64. The first-order valence-electron chi connectivity index (χ1n) is 22.6. The molecule has 0 aliphatic carbocycles. The van der Waals surface area contributed by atoms with Crippen LogP contribution in [0.3, 0.4) is 0 Å². The van der Waals surface area contributed by atoms with E-state index in [4.69, 9.17) is 14.2 Å². The quantitative estimate of drug-likeness (QED) is 0.0204. The molecule has 0 N–H and O–H groups in total. The Bertz CT molecular complexity index is 1460. The first-order valence-corrected chi connectivity index (χ1v) is 22.6. The lowest BCUT2D eigenvalue weighted by Crippen LogP contribution is -2.30. The van der Waals surface area contributed by atoms with E-state index < -0.39 is 12.1 Å². The molecule has 0 spiro atoms. The molecule has 0 heterocycles. The first-order chi connectivity index (χ1) is 29.5. The van der Waals surface area contributed by atoms with Crippen LogP contribution in [-0.2, 0) is 28.6 Å². The summed E-state index contributed by atoms with van der Waals surface area (Å²) in [5.41, 5.74) is 0. The number of carbonyl (C=O) groups excluding carboxylic acids is 3. The van der Waals surface area contributed by atoms with Crippen LogP contribution < -0.4 is 0 Å². The molecule has 0 saturated carbocycles. The lowest BCUT2D eigenvalue weighted by atomic mass is 10.1. The van der Waals surface area contributed by atoms with Gasteiger partial charge < -0.3 is 14.2 Å². The minimum Gasteiger partial charge on any atom is -0.462 e. The third-order valence-electron chi connectivity index (χ3n) is 8.43. The van der Waals surface area contributed by atoms with Gasteiger partial charge in [-0.05, 0) is 96.3 Å². The maximum atomic E-state index is 12.7. The van der Waals surface area contributed by atoms with Gasteiger partial charge in [0.05, 0.1) is 0 Å². The summed E-state index contributed by atoms with van der Waals surface area (Å²) in [6.07, 6.45) is 68.2. The summed E-state index contributed by atoms with van der Waals surface area (Å²) in [6.45, 7) is 6.07. The lowest BCUT2D eigenvalue weighted by molar-refractivity contribution is -0.166. The molecule has 0 rings (SSSR count). The molecule has 0 aromatic carbocycles. The topological polar surface area (TPSA) is 78.9 Å². The maximum absolute atomic E-state index is 12.7. The van der Waals surface area contributed by atoms with Crippen molar-refractivity contribution in [3.8, 4) is 0 Å². The van der Waals surface area contributed by atoms with Gasteiger partial charge in [0, 0.05) is 19.3 Å². The molecule has 6 heteroatoms. The highest BCUT2D eigenvalue weighted by atomic mass is 16.6. The Labute approximate surface area is 365 Å².